The Balaban J connectivity index is 2.12. The zero-order valence-electron chi connectivity index (χ0n) is 11.4. The summed E-state index contributed by atoms with van der Waals surface area (Å²) in [6, 6.07) is 4.62. The fraction of sp³-hybridized carbons (Fsp3) is 0.308. The van der Waals surface area contributed by atoms with Crippen LogP contribution >= 0.6 is 0 Å². The standard InChI is InChI=1S/C13H17N3O3S/c1-3-10-7-15-13(19-10)8-16-20(17,18)11-5-4-9(2)12(14)6-11/h4-7,16H,3,8,14H2,1-2H3. The van der Waals surface area contributed by atoms with Gasteiger partial charge in [-0.2, -0.15) is 0 Å². The molecule has 0 aliphatic carbocycles. The zero-order chi connectivity index (χ0) is 14.8. The topological polar surface area (TPSA) is 98.2 Å². The number of aromatic nitrogens is 1. The van der Waals surface area contributed by atoms with Gasteiger partial charge in [0.25, 0.3) is 0 Å². The second-order valence-corrected chi connectivity index (χ2v) is 6.18. The summed E-state index contributed by atoms with van der Waals surface area (Å²) < 4.78 is 32.0. The van der Waals surface area contributed by atoms with E-state index in [1.54, 1.807) is 12.3 Å². The molecule has 0 unspecified atom stereocenters. The summed E-state index contributed by atoms with van der Waals surface area (Å²) in [5.74, 6) is 1.06. The first-order valence-corrected chi connectivity index (χ1v) is 7.70. The molecule has 0 radical (unpaired) electrons. The molecule has 3 N–H and O–H groups in total. The molecule has 7 heteroatoms. The average Bonchev–Trinajstić information content (AvgIpc) is 2.87. The van der Waals surface area contributed by atoms with Gasteiger partial charge in [-0.25, -0.2) is 18.1 Å². The molecular weight excluding hydrogens is 278 g/mol. The third-order valence-corrected chi connectivity index (χ3v) is 4.32. The number of oxazole rings is 1. The van der Waals surface area contributed by atoms with Crippen molar-refractivity contribution in [3.05, 3.63) is 41.6 Å². The smallest absolute Gasteiger partial charge is 0.241 e. The van der Waals surface area contributed by atoms with Crippen LogP contribution in [-0.2, 0) is 23.0 Å². The van der Waals surface area contributed by atoms with E-state index in [4.69, 9.17) is 10.2 Å². The first kappa shape index (κ1) is 14.5. The molecule has 0 bridgehead atoms. The molecule has 0 atom stereocenters. The molecule has 20 heavy (non-hydrogen) atoms. The van der Waals surface area contributed by atoms with Gasteiger partial charge in [0, 0.05) is 12.1 Å². The van der Waals surface area contributed by atoms with Gasteiger partial charge in [-0.15, -0.1) is 0 Å². The van der Waals surface area contributed by atoms with Crippen LogP contribution in [0.5, 0.6) is 0 Å². The highest BCUT2D eigenvalue weighted by Crippen LogP contribution is 2.17. The highest BCUT2D eigenvalue weighted by molar-refractivity contribution is 7.89. The van der Waals surface area contributed by atoms with Gasteiger partial charge in [0.1, 0.15) is 5.76 Å². The van der Waals surface area contributed by atoms with Crippen LogP contribution in [0.25, 0.3) is 0 Å². The molecule has 0 saturated carbocycles. The summed E-state index contributed by atoms with van der Waals surface area (Å²) in [6.45, 7) is 3.76. The van der Waals surface area contributed by atoms with E-state index < -0.39 is 10.0 Å². The molecule has 1 aromatic heterocycles. The number of nitrogens with zero attached hydrogens (tertiary/aromatic N) is 1. The second-order valence-electron chi connectivity index (χ2n) is 4.42. The molecule has 108 valence electrons. The molecule has 0 aliphatic rings. The minimum absolute atomic E-state index is 0.0100. The van der Waals surface area contributed by atoms with Crippen molar-refractivity contribution in [2.75, 3.05) is 5.73 Å². The molecule has 1 heterocycles. The van der Waals surface area contributed by atoms with Crippen molar-refractivity contribution in [2.24, 2.45) is 0 Å². The van der Waals surface area contributed by atoms with E-state index >= 15 is 0 Å². The van der Waals surface area contributed by atoms with Crippen LogP contribution in [0, 0.1) is 6.92 Å². The quantitative estimate of drug-likeness (QED) is 0.816. The number of anilines is 1. The first-order valence-electron chi connectivity index (χ1n) is 6.21. The molecule has 0 aliphatic heterocycles. The maximum absolute atomic E-state index is 12.1. The molecule has 0 fully saturated rings. The number of benzene rings is 1. The fourth-order valence-electron chi connectivity index (χ4n) is 1.62. The van der Waals surface area contributed by atoms with Gasteiger partial charge >= 0.3 is 0 Å². The zero-order valence-corrected chi connectivity index (χ0v) is 12.2. The molecule has 1 aromatic carbocycles. The van der Waals surface area contributed by atoms with Crippen LogP contribution in [0.2, 0.25) is 0 Å². The summed E-state index contributed by atoms with van der Waals surface area (Å²) in [5.41, 5.74) is 7.00. The van der Waals surface area contributed by atoms with E-state index in [9.17, 15) is 8.42 Å². The van der Waals surface area contributed by atoms with Crippen molar-refractivity contribution in [2.45, 2.75) is 31.7 Å². The normalized spacial score (nSPS) is 11.7. The van der Waals surface area contributed by atoms with Crippen LogP contribution < -0.4 is 10.5 Å². The lowest BCUT2D eigenvalue weighted by Gasteiger charge is -2.07. The maximum atomic E-state index is 12.1. The monoisotopic (exact) mass is 295 g/mol. The van der Waals surface area contributed by atoms with Crippen molar-refractivity contribution in [3.8, 4) is 0 Å². The molecule has 0 saturated heterocycles. The summed E-state index contributed by atoms with van der Waals surface area (Å²) in [5, 5.41) is 0. The minimum Gasteiger partial charge on any atom is -0.444 e. The molecule has 2 rings (SSSR count). The Morgan fingerprint density at radius 3 is 2.75 bits per heavy atom. The minimum atomic E-state index is -3.63. The van der Waals surface area contributed by atoms with Crippen LogP contribution in [-0.4, -0.2) is 13.4 Å². The lowest BCUT2D eigenvalue weighted by Crippen LogP contribution is -2.23. The first-order chi connectivity index (χ1) is 9.42. The van der Waals surface area contributed by atoms with Crippen LogP contribution in [0.4, 0.5) is 5.69 Å². The van der Waals surface area contributed by atoms with Crippen molar-refractivity contribution < 1.29 is 12.8 Å². The Bertz CT molecular complexity index is 707. The summed E-state index contributed by atoms with van der Waals surface area (Å²) in [7, 11) is -3.63. The summed E-state index contributed by atoms with van der Waals surface area (Å²) in [4.78, 5) is 4.12. The van der Waals surface area contributed by atoms with Crippen molar-refractivity contribution in [3.63, 3.8) is 0 Å². The molecule has 0 amide bonds. The van der Waals surface area contributed by atoms with Gasteiger partial charge in [-0.05, 0) is 24.6 Å². The van der Waals surface area contributed by atoms with E-state index in [1.807, 2.05) is 13.8 Å². The average molecular weight is 295 g/mol. The fourth-order valence-corrected chi connectivity index (χ4v) is 2.63. The number of rotatable bonds is 5. The van der Waals surface area contributed by atoms with Crippen molar-refractivity contribution in [1.82, 2.24) is 9.71 Å². The highest BCUT2D eigenvalue weighted by Gasteiger charge is 2.16. The number of sulfonamides is 1. The maximum Gasteiger partial charge on any atom is 0.241 e. The van der Waals surface area contributed by atoms with E-state index in [2.05, 4.69) is 9.71 Å². The van der Waals surface area contributed by atoms with Gasteiger partial charge < -0.3 is 10.2 Å². The van der Waals surface area contributed by atoms with E-state index in [-0.39, 0.29) is 11.4 Å². The Morgan fingerprint density at radius 1 is 1.40 bits per heavy atom. The SMILES string of the molecule is CCc1cnc(CNS(=O)(=O)c2ccc(C)c(N)c2)o1. The van der Waals surface area contributed by atoms with Crippen LogP contribution in [0.3, 0.4) is 0 Å². The third kappa shape index (κ3) is 3.17. The number of nitrogen functional groups attached to an aromatic ring is 1. The molecular formula is C13H17N3O3S. The van der Waals surface area contributed by atoms with Gasteiger partial charge in [0.2, 0.25) is 15.9 Å². The molecule has 6 nitrogen and oxygen atoms in total. The number of nitrogens with one attached hydrogen (secondary N) is 1. The largest absolute Gasteiger partial charge is 0.444 e. The predicted molar refractivity (Wildman–Crippen MR) is 75.5 cm³/mol. The van der Waals surface area contributed by atoms with Crippen molar-refractivity contribution in [1.29, 1.82) is 0 Å². The second kappa shape index (κ2) is 5.64. The van der Waals surface area contributed by atoms with E-state index in [0.29, 0.717) is 18.0 Å². The van der Waals surface area contributed by atoms with Crippen LogP contribution in [0.15, 0.2) is 33.7 Å². The third-order valence-electron chi connectivity index (χ3n) is 2.92. The lowest BCUT2D eigenvalue weighted by molar-refractivity contribution is 0.452. The van der Waals surface area contributed by atoms with Gasteiger partial charge in [0.15, 0.2) is 0 Å². The van der Waals surface area contributed by atoms with Crippen LogP contribution in [0.1, 0.15) is 24.1 Å². The molecule has 0 spiro atoms. The lowest BCUT2D eigenvalue weighted by atomic mass is 10.2. The van der Waals surface area contributed by atoms with Gasteiger partial charge in [-0.3, -0.25) is 0 Å². The Morgan fingerprint density at radius 2 is 2.15 bits per heavy atom. The number of hydrogen-bond acceptors (Lipinski definition) is 5. The Kier molecular flexibility index (Phi) is 4.10. The summed E-state index contributed by atoms with van der Waals surface area (Å²) >= 11 is 0. The number of nitrogens with two attached hydrogens (primary N) is 1. The van der Waals surface area contributed by atoms with Gasteiger partial charge in [-0.1, -0.05) is 13.0 Å². The number of hydrogen-bond donors (Lipinski definition) is 2. The highest BCUT2D eigenvalue weighted by atomic mass is 32.2. The number of aryl methyl sites for hydroxylation is 2. The summed E-state index contributed by atoms with van der Waals surface area (Å²) in [6.07, 6.45) is 2.31. The van der Waals surface area contributed by atoms with Gasteiger partial charge in [0.05, 0.1) is 17.6 Å². The van der Waals surface area contributed by atoms with E-state index in [0.717, 1.165) is 11.3 Å². The molecule has 2 aromatic rings. The van der Waals surface area contributed by atoms with E-state index in [1.165, 1.54) is 12.1 Å². The Hall–Kier alpha value is -1.86. The predicted octanol–water partition coefficient (Wildman–Crippen LogP) is 1.61. The van der Waals surface area contributed by atoms with Crippen molar-refractivity contribution >= 4 is 15.7 Å². The Labute approximate surface area is 118 Å².